The Bertz CT molecular complexity index is 453. The summed E-state index contributed by atoms with van der Waals surface area (Å²) in [5, 5.41) is 2.77. The Morgan fingerprint density at radius 3 is 2.65 bits per heavy atom. The Hall–Kier alpha value is -1.59. The van der Waals surface area contributed by atoms with E-state index < -0.39 is 0 Å². The van der Waals surface area contributed by atoms with E-state index in [0.29, 0.717) is 24.6 Å². The zero-order valence-corrected chi connectivity index (χ0v) is 12.7. The van der Waals surface area contributed by atoms with Crippen LogP contribution < -0.4 is 11.1 Å². The first-order chi connectivity index (χ1) is 9.29. The molecule has 0 aromatic heterocycles. The minimum Gasteiger partial charge on any atom is -0.398 e. The maximum absolute atomic E-state index is 11.7. The lowest BCUT2D eigenvalue weighted by atomic mass is 10.1. The molecule has 1 amide bonds. The van der Waals surface area contributed by atoms with Crippen LogP contribution in [0.25, 0.3) is 0 Å². The molecule has 0 bridgehead atoms. The summed E-state index contributed by atoms with van der Waals surface area (Å²) in [4.78, 5) is 11.7. The molecule has 1 aromatic rings. The Morgan fingerprint density at radius 2 is 2.00 bits per heavy atom. The number of anilines is 2. The summed E-state index contributed by atoms with van der Waals surface area (Å²) in [6.07, 6.45) is 0. The number of hydrogen-bond acceptors (Lipinski definition) is 4. The lowest BCUT2D eigenvalue weighted by Crippen LogP contribution is -2.24. The molecule has 0 aliphatic heterocycles. The Balaban J connectivity index is 2.29. The van der Waals surface area contributed by atoms with Crippen LogP contribution in [0.2, 0.25) is 0 Å². The molecule has 5 heteroatoms. The molecule has 1 aromatic carbocycles. The van der Waals surface area contributed by atoms with Gasteiger partial charge in [0.25, 0.3) is 0 Å². The van der Waals surface area contributed by atoms with E-state index in [4.69, 9.17) is 15.2 Å². The molecule has 0 heterocycles. The Kier molecular flexibility index (Phi) is 5.98. The van der Waals surface area contributed by atoms with Crippen molar-refractivity contribution in [2.24, 2.45) is 0 Å². The Morgan fingerprint density at radius 1 is 1.30 bits per heavy atom. The first-order valence-electron chi connectivity index (χ1n) is 6.66. The van der Waals surface area contributed by atoms with Crippen molar-refractivity contribution in [1.29, 1.82) is 0 Å². The molecule has 3 N–H and O–H groups in total. The molecule has 0 radical (unpaired) electrons. The first kappa shape index (κ1) is 16.5. The molecule has 20 heavy (non-hydrogen) atoms. The number of carbonyl (C=O) groups excluding carboxylic acids is 1. The monoisotopic (exact) mass is 280 g/mol. The highest BCUT2D eigenvalue weighted by Crippen LogP contribution is 2.20. The predicted molar refractivity (Wildman–Crippen MR) is 80.7 cm³/mol. The second-order valence-corrected chi connectivity index (χ2v) is 5.58. The molecule has 0 saturated heterocycles. The molecule has 0 saturated carbocycles. The predicted octanol–water partition coefficient (Wildman–Crippen LogP) is 2.35. The van der Waals surface area contributed by atoms with Crippen LogP contribution in [-0.2, 0) is 14.3 Å². The second kappa shape index (κ2) is 7.26. The molecule has 0 aliphatic rings. The maximum Gasteiger partial charge on any atom is 0.250 e. The van der Waals surface area contributed by atoms with E-state index in [1.54, 1.807) is 12.1 Å². The zero-order chi connectivity index (χ0) is 15.2. The average molecular weight is 280 g/mol. The van der Waals surface area contributed by atoms with Gasteiger partial charge in [-0.1, -0.05) is 6.07 Å². The van der Waals surface area contributed by atoms with E-state index >= 15 is 0 Å². The van der Waals surface area contributed by atoms with E-state index in [1.807, 2.05) is 33.8 Å². The van der Waals surface area contributed by atoms with Gasteiger partial charge in [0.15, 0.2) is 0 Å². The topological polar surface area (TPSA) is 73.6 Å². The molecule has 5 nitrogen and oxygen atoms in total. The lowest BCUT2D eigenvalue weighted by molar-refractivity contribution is -0.121. The molecular formula is C15H24N2O3. The molecule has 0 spiro atoms. The van der Waals surface area contributed by atoms with Gasteiger partial charge >= 0.3 is 0 Å². The first-order valence-corrected chi connectivity index (χ1v) is 6.66. The fourth-order valence-electron chi connectivity index (χ4n) is 1.55. The van der Waals surface area contributed by atoms with E-state index in [9.17, 15) is 4.79 Å². The van der Waals surface area contributed by atoms with Crippen LogP contribution in [0.4, 0.5) is 11.4 Å². The number of carbonyl (C=O) groups is 1. The fourth-order valence-corrected chi connectivity index (χ4v) is 1.55. The van der Waals surface area contributed by atoms with Crippen molar-refractivity contribution in [2.75, 3.05) is 30.9 Å². The molecule has 0 aliphatic carbocycles. The van der Waals surface area contributed by atoms with Crippen molar-refractivity contribution < 1.29 is 14.3 Å². The number of ether oxygens (including phenoxy) is 2. The highest BCUT2D eigenvalue weighted by atomic mass is 16.5. The second-order valence-electron chi connectivity index (χ2n) is 5.58. The van der Waals surface area contributed by atoms with Gasteiger partial charge in [0.2, 0.25) is 5.91 Å². The number of nitrogen functional groups attached to an aromatic ring is 1. The molecular weight excluding hydrogens is 256 g/mol. The fraction of sp³-hybridized carbons (Fsp3) is 0.533. The number of benzene rings is 1. The van der Waals surface area contributed by atoms with Crippen molar-refractivity contribution in [3.05, 3.63) is 23.8 Å². The SMILES string of the molecule is Cc1c(N)cccc1NC(=O)COCCOC(C)(C)C. The third-order valence-corrected chi connectivity index (χ3v) is 2.65. The van der Waals surface area contributed by atoms with Gasteiger partial charge in [-0.2, -0.15) is 0 Å². The highest BCUT2D eigenvalue weighted by Gasteiger charge is 2.10. The third kappa shape index (κ3) is 6.04. The number of hydrogen-bond donors (Lipinski definition) is 2. The summed E-state index contributed by atoms with van der Waals surface area (Å²) >= 11 is 0. The van der Waals surface area contributed by atoms with E-state index in [-0.39, 0.29) is 18.1 Å². The number of nitrogens with two attached hydrogens (primary N) is 1. The molecule has 0 unspecified atom stereocenters. The van der Waals surface area contributed by atoms with Gasteiger partial charge in [-0.15, -0.1) is 0 Å². The van der Waals surface area contributed by atoms with Gasteiger partial charge in [-0.05, 0) is 45.4 Å². The van der Waals surface area contributed by atoms with Crippen LogP contribution in [0.1, 0.15) is 26.3 Å². The number of amides is 1. The summed E-state index contributed by atoms with van der Waals surface area (Å²) in [6.45, 7) is 8.65. The third-order valence-electron chi connectivity index (χ3n) is 2.65. The standard InChI is InChI=1S/C15H24N2O3/c1-11-12(16)6-5-7-13(11)17-14(18)10-19-8-9-20-15(2,3)4/h5-7H,8-10,16H2,1-4H3,(H,17,18). The minimum absolute atomic E-state index is 0.00173. The molecule has 0 atom stereocenters. The largest absolute Gasteiger partial charge is 0.398 e. The smallest absolute Gasteiger partial charge is 0.250 e. The van der Waals surface area contributed by atoms with Gasteiger partial charge in [0.05, 0.1) is 18.8 Å². The summed E-state index contributed by atoms with van der Waals surface area (Å²) < 4.78 is 10.8. The van der Waals surface area contributed by atoms with Crippen molar-refractivity contribution in [3.63, 3.8) is 0 Å². The van der Waals surface area contributed by atoms with E-state index in [0.717, 1.165) is 5.56 Å². The van der Waals surface area contributed by atoms with Crippen LogP contribution in [-0.4, -0.2) is 31.3 Å². The maximum atomic E-state index is 11.7. The summed E-state index contributed by atoms with van der Waals surface area (Å²) in [5.74, 6) is -0.200. The normalized spacial score (nSPS) is 11.4. The van der Waals surface area contributed by atoms with Crippen LogP contribution in [0.3, 0.4) is 0 Å². The number of nitrogens with one attached hydrogen (secondary N) is 1. The van der Waals surface area contributed by atoms with Crippen molar-refractivity contribution in [2.45, 2.75) is 33.3 Å². The minimum atomic E-state index is -0.200. The van der Waals surface area contributed by atoms with E-state index in [2.05, 4.69) is 5.32 Å². The summed E-state index contributed by atoms with van der Waals surface area (Å²) in [6, 6.07) is 5.41. The summed E-state index contributed by atoms with van der Waals surface area (Å²) in [7, 11) is 0. The highest BCUT2D eigenvalue weighted by molar-refractivity contribution is 5.93. The average Bonchev–Trinajstić information content (AvgIpc) is 2.33. The van der Waals surface area contributed by atoms with Crippen LogP contribution in [0.15, 0.2) is 18.2 Å². The zero-order valence-electron chi connectivity index (χ0n) is 12.7. The van der Waals surface area contributed by atoms with Gasteiger partial charge in [-0.25, -0.2) is 0 Å². The van der Waals surface area contributed by atoms with Gasteiger partial charge < -0.3 is 20.5 Å². The van der Waals surface area contributed by atoms with Gasteiger partial charge in [0, 0.05) is 11.4 Å². The summed E-state index contributed by atoms with van der Waals surface area (Å²) in [5.41, 5.74) is 7.81. The van der Waals surface area contributed by atoms with Crippen molar-refractivity contribution in [1.82, 2.24) is 0 Å². The lowest BCUT2D eigenvalue weighted by Gasteiger charge is -2.19. The van der Waals surface area contributed by atoms with Crippen molar-refractivity contribution >= 4 is 17.3 Å². The van der Waals surface area contributed by atoms with Crippen molar-refractivity contribution in [3.8, 4) is 0 Å². The van der Waals surface area contributed by atoms with Crippen LogP contribution >= 0.6 is 0 Å². The Labute approximate surface area is 120 Å². The van der Waals surface area contributed by atoms with Gasteiger partial charge in [0.1, 0.15) is 6.61 Å². The quantitative estimate of drug-likeness (QED) is 0.619. The van der Waals surface area contributed by atoms with E-state index in [1.165, 1.54) is 0 Å². The van der Waals surface area contributed by atoms with Gasteiger partial charge in [-0.3, -0.25) is 4.79 Å². The molecule has 112 valence electrons. The molecule has 1 rings (SSSR count). The number of rotatable bonds is 6. The molecule has 0 fully saturated rings. The van der Waals surface area contributed by atoms with Crippen LogP contribution in [0, 0.1) is 6.92 Å². The van der Waals surface area contributed by atoms with Crippen LogP contribution in [0.5, 0.6) is 0 Å².